The predicted molar refractivity (Wildman–Crippen MR) is 80.3 cm³/mol. The molecule has 1 fully saturated rings. The van der Waals surface area contributed by atoms with Crippen LogP contribution >= 0.6 is 0 Å². The fourth-order valence-corrected chi connectivity index (χ4v) is 2.74. The van der Waals surface area contributed by atoms with Crippen LogP contribution in [0, 0.1) is 0 Å². The van der Waals surface area contributed by atoms with Crippen molar-refractivity contribution in [1.29, 1.82) is 0 Å². The van der Waals surface area contributed by atoms with Gasteiger partial charge < -0.3 is 15.1 Å². The fraction of sp³-hybridized carbons (Fsp3) is 0.933. The Hall–Kier alpha value is -0.610. The van der Waals surface area contributed by atoms with E-state index in [2.05, 4.69) is 36.1 Å². The molecule has 4 heteroatoms. The number of hydrogen-bond acceptors (Lipinski definition) is 3. The molecule has 19 heavy (non-hydrogen) atoms. The van der Waals surface area contributed by atoms with E-state index in [4.69, 9.17) is 0 Å². The third-order valence-electron chi connectivity index (χ3n) is 3.89. The second-order valence-corrected chi connectivity index (χ2v) is 5.80. The molecule has 0 radical (unpaired) electrons. The summed E-state index contributed by atoms with van der Waals surface area (Å²) in [5.41, 5.74) is 0. The van der Waals surface area contributed by atoms with E-state index in [0.717, 1.165) is 39.0 Å². The van der Waals surface area contributed by atoms with Crippen molar-refractivity contribution in [2.75, 3.05) is 40.3 Å². The number of nitrogens with zero attached hydrogens (tertiary/aromatic N) is 2. The van der Waals surface area contributed by atoms with Gasteiger partial charge in [0.15, 0.2) is 0 Å². The smallest absolute Gasteiger partial charge is 0.224 e. The molecule has 1 amide bonds. The summed E-state index contributed by atoms with van der Waals surface area (Å²) in [5, 5.41) is 3.37. The second-order valence-electron chi connectivity index (χ2n) is 5.80. The monoisotopic (exact) mass is 269 g/mol. The molecule has 0 aromatic carbocycles. The van der Waals surface area contributed by atoms with Crippen LogP contribution in [0.2, 0.25) is 0 Å². The Bertz CT molecular complexity index is 256. The summed E-state index contributed by atoms with van der Waals surface area (Å²) < 4.78 is 0. The highest BCUT2D eigenvalue weighted by molar-refractivity contribution is 5.76. The van der Waals surface area contributed by atoms with Gasteiger partial charge in [-0.15, -0.1) is 0 Å². The Morgan fingerprint density at radius 1 is 1.32 bits per heavy atom. The summed E-state index contributed by atoms with van der Waals surface area (Å²) in [6, 6.07) is 0.495. The van der Waals surface area contributed by atoms with Crippen LogP contribution in [-0.2, 0) is 4.79 Å². The molecular formula is C15H31N3O. The number of likely N-dealkylation sites (tertiary alicyclic amines) is 1. The van der Waals surface area contributed by atoms with Gasteiger partial charge >= 0.3 is 0 Å². The number of rotatable bonds is 8. The van der Waals surface area contributed by atoms with Crippen molar-refractivity contribution in [3.05, 3.63) is 0 Å². The molecule has 0 aromatic rings. The van der Waals surface area contributed by atoms with Gasteiger partial charge in [0, 0.05) is 25.6 Å². The summed E-state index contributed by atoms with van der Waals surface area (Å²) in [4.78, 5) is 16.5. The lowest BCUT2D eigenvalue weighted by Crippen LogP contribution is -2.44. The van der Waals surface area contributed by atoms with Crippen molar-refractivity contribution in [3.63, 3.8) is 0 Å². The number of hydrogen-bond donors (Lipinski definition) is 1. The highest BCUT2D eigenvalue weighted by Gasteiger charge is 2.24. The molecule has 0 saturated carbocycles. The molecule has 0 aliphatic carbocycles. The molecule has 112 valence electrons. The summed E-state index contributed by atoms with van der Waals surface area (Å²) in [6.07, 6.45) is 6.55. The molecule has 1 unspecified atom stereocenters. The number of amides is 1. The maximum Gasteiger partial charge on any atom is 0.224 e. The first-order valence-electron chi connectivity index (χ1n) is 7.80. The predicted octanol–water partition coefficient (Wildman–Crippen LogP) is 1.71. The lowest BCUT2D eigenvalue weighted by atomic mass is 9.99. The van der Waals surface area contributed by atoms with Crippen LogP contribution in [0.15, 0.2) is 0 Å². The van der Waals surface area contributed by atoms with Crippen molar-refractivity contribution in [3.8, 4) is 0 Å². The Kier molecular flexibility index (Phi) is 8.07. The third-order valence-corrected chi connectivity index (χ3v) is 3.89. The minimum absolute atomic E-state index is 0.339. The number of carbonyl (C=O) groups excluding carboxylic acids is 1. The standard InChI is InChI=1S/C15H31N3O/c1-4-14-8-5-6-13-18(14)15(19)9-11-16-10-7-12-17(2)3/h14,16H,4-13H2,1-3H3. The molecule has 1 N–H and O–H groups in total. The van der Waals surface area contributed by atoms with Gasteiger partial charge in [-0.3, -0.25) is 4.79 Å². The molecule has 0 spiro atoms. The lowest BCUT2D eigenvalue weighted by Gasteiger charge is -2.35. The van der Waals surface area contributed by atoms with Gasteiger partial charge in [0.25, 0.3) is 0 Å². The van der Waals surface area contributed by atoms with Crippen LogP contribution in [0.3, 0.4) is 0 Å². The zero-order chi connectivity index (χ0) is 14.1. The van der Waals surface area contributed by atoms with E-state index in [0.29, 0.717) is 18.4 Å². The van der Waals surface area contributed by atoms with Crippen LogP contribution in [0.1, 0.15) is 45.4 Å². The van der Waals surface area contributed by atoms with Gasteiger partial charge in [0.1, 0.15) is 0 Å². The van der Waals surface area contributed by atoms with E-state index in [9.17, 15) is 4.79 Å². The Balaban J connectivity index is 2.12. The van der Waals surface area contributed by atoms with Crippen LogP contribution in [0.4, 0.5) is 0 Å². The number of piperidine rings is 1. The molecule has 1 saturated heterocycles. The molecule has 1 heterocycles. The van der Waals surface area contributed by atoms with Gasteiger partial charge in [-0.25, -0.2) is 0 Å². The molecule has 1 aliphatic heterocycles. The van der Waals surface area contributed by atoms with Crippen LogP contribution in [-0.4, -0.2) is 62.0 Å². The summed E-state index contributed by atoms with van der Waals surface area (Å²) in [5.74, 6) is 0.339. The molecule has 1 atom stereocenters. The first kappa shape index (κ1) is 16.4. The quantitative estimate of drug-likeness (QED) is 0.681. The molecule has 1 aliphatic rings. The van der Waals surface area contributed by atoms with Gasteiger partial charge in [-0.2, -0.15) is 0 Å². The van der Waals surface area contributed by atoms with Gasteiger partial charge in [0.2, 0.25) is 5.91 Å². The van der Waals surface area contributed by atoms with Gasteiger partial charge in [-0.05, 0) is 59.3 Å². The minimum atomic E-state index is 0.339. The molecule has 1 rings (SSSR count). The second kappa shape index (κ2) is 9.32. The largest absolute Gasteiger partial charge is 0.340 e. The van der Waals surface area contributed by atoms with Crippen LogP contribution < -0.4 is 5.32 Å². The van der Waals surface area contributed by atoms with E-state index < -0.39 is 0 Å². The Morgan fingerprint density at radius 3 is 2.79 bits per heavy atom. The van der Waals surface area contributed by atoms with E-state index in [1.807, 2.05) is 0 Å². The molecule has 4 nitrogen and oxygen atoms in total. The van der Waals surface area contributed by atoms with E-state index in [1.165, 1.54) is 19.3 Å². The van der Waals surface area contributed by atoms with E-state index in [1.54, 1.807) is 0 Å². The first-order valence-corrected chi connectivity index (χ1v) is 7.80. The summed E-state index contributed by atoms with van der Waals surface area (Å²) in [7, 11) is 4.18. The zero-order valence-electron chi connectivity index (χ0n) is 13.0. The summed E-state index contributed by atoms with van der Waals surface area (Å²) >= 11 is 0. The Labute approximate surface area is 118 Å². The normalized spacial score (nSPS) is 20.0. The third kappa shape index (κ3) is 6.39. The minimum Gasteiger partial charge on any atom is -0.340 e. The van der Waals surface area contributed by atoms with Crippen molar-refractivity contribution in [2.45, 2.75) is 51.5 Å². The lowest BCUT2D eigenvalue weighted by molar-refractivity contribution is -0.134. The van der Waals surface area contributed by atoms with Gasteiger partial charge in [0.05, 0.1) is 0 Å². The molecular weight excluding hydrogens is 238 g/mol. The molecule has 0 aromatic heterocycles. The number of nitrogens with one attached hydrogen (secondary N) is 1. The van der Waals surface area contributed by atoms with Crippen molar-refractivity contribution < 1.29 is 4.79 Å². The SMILES string of the molecule is CCC1CCCCN1C(=O)CCNCCCN(C)C. The van der Waals surface area contributed by atoms with Gasteiger partial charge in [-0.1, -0.05) is 6.92 Å². The van der Waals surface area contributed by atoms with E-state index >= 15 is 0 Å². The zero-order valence-corrected chi connectivity index (χ0v) is 13.0. The fourth-order valence-electron chi connectivity index (χ4n) is 2.74. The maximum absolute atomic E-state index is 12.2. The highest BCUT2D eigenvalue weighted by Crippen LogP contribution is 2.19. The topological polar surface area (TPSA) is 35.6 Å². The van der Waals surface area contributed by atoms with Crippen LogP contribution in [0.25, 0.3) is 0 Å². The first-order chi connectivity index (χ1) is 9.15. The number of carbonyl (C=O) groups is 1. The highest BCUT2D eigenvalue weighted by atomic mass is 16.2. The van der Waals surface area contributed by atoms with Crippen molar-refractivity contribution in [2.24, 2.45) is 0 Å². The van der Waals surface area contributed by atoms with E-state index in [-0.39, 0.29) is 0 Å². The maximum atomic E-state index is 12.2. The average molecular weight is 269 g/mol. The average Bonchev–Trinajstić information content (AvgIpc) is 2.42. The summed E-state index contributed by atoms with van der Waals surface area (Å²) in [6.45, 7) is 6.08. The molecule has 0 bridgehead atoms. The van der Waals surface area contributed by atoms with Crippen LogP contribution in [0.5, 0.6) is 0 Å². The van der Waals surface area contributed by atoms with Crippen molar-refractivity contribution in [1.82, 2.24) is 15.1 Å². The Morgan fingerprint density at radius 2 is 2.11 bits per heavy atom. The van der Waals surface area contributed by atoms with Crippen molar-refractivity contribution >= 4 is 5.91 Å².